The Labute approximate surface area is 321 Å². The molecule has 0 aliphatic carbocycles. The van der Waals surface area contributed by atoms with Gasteiger partial charge in [0.15, 0.2) is 0 Å². The first-order chi connectivity index (χ1) is 24.9. The van der Waals surface area contributed by atoms with Crippen molar-refractivity contribution >= 4 is 19.6 Å². The van der Waals surface area contributed by atoms with E-state index in [4.69, 9.17) is 18.5 Å². The Morgan fingerprint density at radius 3 is 1.35 bits per heavy atom. The summed E-state index contributed by atoms with van der Waals surface area (Å²) in [7, 11) is 2.20. The van der Waals surface area contributed by atoms with E-state index in [1.165, 1.54) is 148 Å². The molecule has 0 fully saturated rings. The van der Waals surface area contributed by atoms with Crippen molar-refractivity contribution in [3.05, 3.63) is 0 Å². The second-order valence-corrected chi connectivity index (χ2v) is 17.6. The highest BCUT2D eigenvalue weighted by Gasteiger charge is 2.20. The smallest absolute Gasteiger partial charge is 0.313 e. The molecule has 0 saturated heterocycles. The van der Waals surface area contributed by atoms with Crippen LogP contribution in [-0.4, -0.2) is 76.5 Å². The number of hydrogen-bond donors (Lipinski definition) is 0. The van der Waals surface area contributed by atoms with Crippen LogP contribution in [-0.2, 0) is 32.7 Å². The van der Waals surface area contributed by atoms with Gasteiger partial charge in [-0.05, 0) is 32.6 Å². The summed E-state index contributed by atoms with van der Waals surface area (Å²) in [5.74, 6) is -1.05. The van der Waals surface area contributed by atoms with Crippen molar-refractivity contribution in [3.8, 4) is 0 Å². The van der Waals surface area contributed by atoms with Gasteiger partial charge in [-0.2, -0.15) is 0 Å². The van der Waals surface area contributed by atoms with Gasteiger partial charge in [-0.1, -0.05) is 161 Å². The van der Waals surface area contributed by atoms with Crippen LogP contribution >= 0.6 is 7.82 Å². The molecule has 0 spiro atoms. The standard InChI is InChI=1S/C42H84NO8P/c1-6-7-8-9-10-11-12-13-14-15-17-20-23-26-29-32-35-48-38-41(51-42(45)37-40(2)44)39-50-52(46,47)49-36-33-30-27-24-21-18-16-19-22-25-28-31-34-43(3,4)5/h41H,6-39H2,1-5H3. The Balaban J connectivity index is 3.95. The predicted octanol–water partition coefficient (Wildman–Crippen LogP) is 11.0. The summed E-state index contributed by atoms with van der Waals surface area (Å²) >= 11 is 0. The van der Waals surface area contributed by atoms with Crippen LogP contribution in [0.1, 0.15) is 200 Å². The summed E-state index contributed by atoms with van der Waals surface area (Å²) in [5, 5.41) is 0. The topological polar surface area (TPSA) is 111 Å². The van der Waals surface area contributed by atoms with Crippen molar-refractivity contribution in [1.29, 1.82) is 0 Å². The molecule has 0 radical (unpaired) electrons. The van der Waals surface area contributed by atoms with Crippen molar-refractivity contribution in [2.24, 2.45) is 0 Å². The van der Waals surface area contributed by atoms with Gasteiger partial charge < -0.3 is 27.9 Å². The fraction of sp³-hybridized carbons (Fsp3) is 0.952. The number of ether oxygens (including phenoxy) is 2. The lowest BCUT2D eigenvalue weighted by Crippen LogP contribution is -2.35. The summed E-state index contributed by atoms with van der Waals surface area (Å²) in [5.41, 5.74) is 0. The number of hydrogen-bond acceptors (Lipinski definition) is 8. The van der Waals surface area contributed by atoms with Crippen molar-refractivity contribution in [3.63, 3.8) is 0 Å². The van der Waals surface area contributed by atoms with Gasteiger partial charge in [0.2, 0.25) is 0 Å². The fourth-order valence-corrected chi connectivity index (χ4v) is 7.13. The van der Waals surface area contributed by atoms with Crippen molar-refractivity contribution < 1.29 is 42.1 Å². The van der Waals surface area contributed by atoms with Crippen molar-refractivity contribution in [2.45, 2.75) is 206 Å². The van der Waals surface area contributed by atoms with Gasteiger partial charge in [-0.25, -0.2) is 0 Å². The van der Waals surface area contributed by atoms with Crippen molar-refractivity contribution in [2.75, 3.05) is 54.1 Å². The zero-order valence-corrected chi connectivity index (χ0v) is 35.7. The van der Waals surface area contributed by atoms with Crippen LogP contribution in [0.4, 0.5) is 0 Å². The number of quaternary nitrogens is 1. The fourth-order valence-electron chi connectivity index (χ4n) is 6.36. The van der Waals surface area contributed by atoms with Crippen LogP contribution in [0.25, 0.3) is 0 Å². The summed E-state index contributed by atoms with van der Waals surface area (Å²) in [4.78, 5) is 35.8. The van der Waals surface area contributed by atoms with Crippen molar-refractivity contribution in [1.82, 2.24) is 0 Å². The molecule has 2 atom stereocenters. The van der Waals surface area contributed by atoms with E-state index in [2.05, 4.69) is 28.1 Å². The van der Waals surface area contributed by atoms with Crippen LogP contribution in [0.15, 0.2) is 0 Å². The molecule has 0 bridgehead atoms. The lowest BCUT2D eigenvalue weighted by molar-refractivity contribution is -0.870. The molecule has 0 amide bonds. The quantitative estimate of drug-likeness (QED) is 0.0199. The van der Waals surface area contributed by atoms with E-state index in [1.807, 2.05) is 0 Å². The number of rotatable bonds is 41. The summed E-state index contributed by atoms with van der Waals surface area (Å²) in [6.07, 6.45) is 33.5. The number of carbonyl (C=O) groups excluding carboxylic acids is 2. The molecule has 9 nitrogen and oxygen atoms in total. The Kier molecular flexibility index (Phi) is 35.3. The van der Waals surface area contributed by atoms with Gasteiger partial charge in [-0.3, -0.25) is 14.2 Å². The number of ketones is 1. The molecule has 0 aromatic heterocycles. The Bertz CT molecular complexity index is 865. The number of esters is 1. The Morgan fingerprint density at radius 2 is 0.942 bits per heavy atom. The number of phosphoric ester groups is 1. The third kappa shape index (κ3) is 40.4. The van der Waals surface area contributed by atoms with Crippen LogP contribution in [0.2, 0.25) is 0 Å². The van der Waals surface area contributed by atoms with Crippen LogP contribution in [0.3, 0.4) is 0 Å². The summed E-state index contributed by atoms with van der Waals surface area (Å²) in [6, 6.07) is 0. The van der Waals surface area contributed by atoms with Crippen LogP contribution in [0.5, 0.6) is 0 Å². The summed E-state index contributed by atoms with van der Waals surface area (Å²) < 4.78 is 34.5. The molecule has 0 aliphatic heterocycles. The van der Waals surface area contributed by atoms with Gasteiger partial charge in [0.25, 0.3) is 7.82 Å². The molecule has 10 heteroatoms. The molecule has 310 valence electrons. The van der Waals surface area contributed by atoms with Gasteiger partial charge in [0, 0.05) is 6.61 Å². The first-order valence-electron chi connectivity index (χ1n) is 21.6. The van der Waals surface area contributed by atoms with E-state index < -0.39 is 26.5 Å². The predicted molar refractivity (Wildman–Crippen MR) is 213 cm³/mol. The summed E-state index contributed by atoms with van der Waals surface area (Å²) in [6.45, 7) is 4.97. The maximum absolute atomic E-state index is 12.4. The monoisotopic (exact) mass is 762 g/mol. The minimum atomic E-state index is -4.55. The Hall–Kier alpha value is -0.830. The molecule has 0 saturated carbocycles. The largest absolute Gasteiger partial charge is 0.756 e. The number of carbonyl (C=O) groups is 2. The average Bonchev–Trinajstić information content (AvgIpc) is 3.07. The highest BCUT2D eigenvalue weighted by Crippen LogP contribution is 2.38. The number of phosphoric acid groups is 1. The third-order valence-corrected chi connectivity index (χ3v) is 10.5. The van der Waals surface area contributed by atoms with E-state index in [1.54, 1.807) is 0 Å². The highest BCUT2D eigenvalue weighted by atomic mass is 31.2. The Morgan fingerprint density at radius 1 is 0.558 bits per heavy atom. The van der Waals surface area contributed by atoms with E-state index in [-0.39, 0.29) is 25.4 Å². The third-order valence-electron chi connectivity index (χ3n) is 9.53. The van der Waals surface area contributed by atoms with E-state index in [9.17, 15) is 19.0 Å². The van der Waals surface area contributed by atoms with E-state index in [0.29, 0.717) is 13.0 Å². The minimum absolute atomic E-state index is 0.000733. The van der Waals surface area contributed by atoms with Crippen LogP contribution in [0, 0.1) is 0 Å². The lowest BCUT2D eigenvalue weighted by atomic mass is 10.0. The second-order valence-electron chi connectivity index (χ2n) is 16.2. The average molecular weight is 762 g/mol. The molecule has 52 heavy (non-hydrogen) atoms. The number of unbranched alkanes of at least 4 members (excludes halogenated alkanes) is 26. The first kappa shape index (κ1) is 51.2. The molecule has 0 heterocycles. The van der Waals surface area contributed by atoms with E-state index >= 15 is 0 Å². The van der Waals surface area contributed by atoms with Gasteiger partial charge in [-0.15, -0.1) is 0 Å². The molecule has 0 rings (SSSR count). The molecule has 0 aromatic rings. The number of nitrogens with zero attached hydrogens (tertiary/aromatic N) is 1. The molecule has 0 aromatic carbocycles. The zero-order valence-electron chi connectivity index (χ0n) is 34.8. The first-order valence-corrected chi connectivity index (χ1v) is 23.1. The lowest BCUT2D eigenvalue weighted by Gasteiger charge is -2.25. The zero-order chi connectivity index (χ0) is 38.6. The van der Waals surface area contributed by atoms with E-state index in [0.717, 1.165) is 43.0 Å². The van der Waals surface area contributed by atoms with Crippen LogP contribution < -0.4 is 4.89 Å². The van der Waals surface area contributed by atoms with Gasteiger partial charge in [0.05, 0.1) is 47.5 Å². The maximum atomic E-state index is 12.4. The molecular weight excluding hydrogens is 677 g/mol. The highest BCUT2D eigenvalue weighted by molar-refractivity contribution is 7.45. The second kappa shape index (κ2) is 35.8. The van der Waals surface area contributed by atoms with Gasteiger partial charge >= 0.3 is 5.97 Å². The molecule has 2 unspecified atom stereocenters. The minimum Gasteiger partial charge on any atom is -0.756 e. The maximum Gasteiger partial charge on any atom is 0.313 e. The molecule has 0 N–H and O–H groups in total. The van der Waals surface area contributed by atoms with Gasteiger partial charge in [0.1, 0.15) is 18.3 Å². The SMILES string of the molecule is CCCCCCCCCCCCCCCCCCOCC(COP(=O)([O-])OCCCCCCCCCCCCCC[N+](C)(C)C)OC(=O)CC(C)=O. The normalized spacial score (nSPS) is 13.7. The molecular formula is C42H84NO8P. The number of Topliss-reactive ketones (excluding diaryl/α,β-unsaturated/α-hetero) is 1. The molecule has 0 aliphatic rings.